The molecule has 21 heavy (non-hydrogen) atoms. The van der Waals surface area contributed by atoms with E-state index in [1.165, 1.54) is 19.3 Å². The molecule has 0 amide bonds. The van der Waals surface area contributed by atoms with Crippen LogP contribution < -0.4 is 0 Å². The van der Waals surface area contributed by atoms with Crippen molar-refractivity contribution in [3.05, 3.63) is 16.9 Å². The van der Waals surface area contributed by atoms with Gasteiger partial charge in [0.05, 0.1) is 30.1 Å². The summed E-state index contributed by atoms with van der Waals surface area (Å²) in [6, 6.07) is 0. The monoisotopic (exact) mass is 310 g/mol. The molecule has 5 unspecified atom stereocenters. The van der Waals surface area contributed by atoms with Crippen LogP contribution in [0.1, 0.15) is 37.8 Å². The van der Waals surface area contributed by atoms with Crippen molar-refractivity contribution in [2.75, 3.05) is 13.7 Å². The van der Waals surface area contributed by atoms with Gasteiger partial charge in [0.15, 0.2) is 0 Å². The Balaban J connectivity index is 1.69. The summed E-state index contributed by atoms with van der Waals surface area (Å²) < 4.78 is 7.01. The number of fused-ring (bicyclic) bond motifs is 5. The summed E-state index contributed by atoms with van der Waals surface area (Å²) >= 11 is 6.39. The number of halogens is 1. The molecule has 116 valence electrons. The molecule has 1 heterocycles. The van der Waals surface area contributed by atoms with Crippen LogP contribution in [0.15, 0.2) is 6.20 Å². The third-order valence-corrected chi connectivity index (χ3v) is 6.48. The first-order valence-electron chi connectivity index (χ1n) is 8.08. The van der Waals surface area contributed by atoms with Gasteiger partial charge >= 0.3 is 0 Å². The fourth-order valence-electron chi connectivity index (χ4n) is 5.53. The molecule has 4 nitrogen and oxygen atoms in total. The molecule has 3 fully saturated rings. The lowest BCUT2D eigenvalue weighted by atomic mass is 9.71. The van der Waals surface area contributed by atoms with Crippen LogP contribution in [0.2, 0.25) is 5.02 Å². The molecular weight excluding hydrogens is 288 g/mol. The minimum absolute atomic E-state index is 0.366. The lowest BCUT2D eigenvalue weighted by molar-refractivity contribution is -0.0583. The number of methoxy groups -OCH3 is 1. The van der Waals surface area contributed by atoms with E-state index < -0.39 is 5.60 Å². The first-order chi connectivity index (χ1) is 10.1. The Morgan fingerprint density at radius 3 is 3.10 bits per heavy atom. The first-order valence-corrected chi connectivity index (χ1v) is 8.46. The zero-order valence-electron chi connectivity index (χ0n) is 12.5. The molecule has 5 heteroatoms. The summed E-state index contributed by atoms with van der Waals surface area (Å²) in [4.78, 5) is 0. The molecule has 1 aromatic heterocycles. The highest BCUT2D eigenvalue weighted by Crippen LogP contribution is 2.65. The van der Waals surface area contributed by atoms with Gasteiger partial charge in [-0.2, -0.15) is 5.10 Å². The molecule has 0 radical (unpaired) electrons. The lowest BCUT2D eigenvalue weighted by Gasteiger charge is -2.39. The van der Waals surface area contributed by atoms with Crippen molar-refractivity contribution in [2.24, 2.45) is 23.7 Å². The van der Waals surface area contributed by atoms with Gasteiger partial charge in [-0.25, -0.2) is 0 Å². The molecule has 3 saturated carbocycles. The molecule has 3 aliphatic rings. The van der Waals surface area contributed by atoms with Crippen molar-refractivity contribution in [1.82, 2.24) is 9.78 Å². The zero-order valence-corrected chi connectivity index (χ0v) is 13.2. The number of aliphatic hydroxyl groups is 1. The highest BCUT2D eigenvalue weighted by Gasteiger charge is 2.62. The minimum atomic E-state index is -0.780. The van der Waals surface area contributed by atoms with Gasteiger partial charge in [0.1, 0.15) is 5.60 Å². The Bertz CT molecular complexity index is 546. The van der Waals surface area contributed by atoms with Crippen LogP contribution in [0.4, 0.5) is 0 Å². The molecule has 1 aromatic rings. The van der Waals surface area contributed by atoms with Crippen molar-refractivity contribution in [3.63, 3.8) is 0 Å². The smallest absolute Gasteiger partial charge is 0.111 e. The van der Waals surface area contributed by atoms with E-state index in [9.17, 15) is 5.11 Å². The molecule has 4 rings (SSSR count). The van der Waals surface area contributed by atoms with E-state index >= 15 is 0 Å². The minimum Gasteiger partial charge on any atom is -0.383 e. The van der Waals surface area contributed by atoms with E-state index in [1.807, 2.05) is 4.68 Å². The lowest BCUT2D eigenvalue weighted by Crippen LogP contribution is -2.41. The number of hydrogen-bond donors (Lipinski definition) is 1. The maximum atomic E-state index is 11.5. The normalized spacial score (nSPS) is 40.9. The van der Waals surface area contributed by atoms with Crippen LogP contribution in [0.25, 0.3) is 0 Å². The van der Waals surface area contributed by atoms with Crippen LogP contribution in [-0.4, -0.2) is 28.6 Å². The summed E-state index contributed by atoms with van der Waals surface area (Å²) in [6.07, 6.45) is 7.66. The number of aromatic nitrogens is 2. The number of hydrogen-bond acceptors (Lipinski definition) is 3. The Morgan fingerprint density at radius 1 is 1.48 bits per heavy atom. The SMILES string of the molecule is COCCn1ncc(Cl)c1C1(O)CC2CC1C1CCCC21. The van der Waals surface area contributed by atoms with Gasteiger partial charge in [-0.3, -0.25) is 4.68 Å². The topological polar surface area (TPSA) is 47.3 Å². The van der Waals surface area contributed by atoms with Crippen LogP contribution in [-0.2, 0) is 16.9 Å². The Morgan fingerprint density at radius 2 is 2.29 bits per heavy atom. The highest BCUT2D eigenvalue weighted by atomic mass is 35.5. The average molecular weight is 311 g/mol. The largest absolute Gasteiger partial charge is 0.383 e. The summed E-state index contributed by atoms with van der Waals surface area (Å²) in [5, 5.41) is 16.4. The van der Waals surface area contributed by atoms with E-state index in [0.717, 1.165) is 24.5 Å². The average Bonchev–Trinajstić information content (AvgIpc) is 3.16. The zero-order chi connectivity index (χ0) is 14.6. The molecule has 0 aromatic carbocycles. The molecular formula is C16H23ClN2O2. The van der Waals surface area contributed by atoms with Gasteiger partial charge in [0.2, 0.25) is 0 Å². The second-order valence-electron chi connectivity index (χ2n) is 7.05. The van der Waals surface area contributed by atoms with Crippen molar-refractivity contribution < 1.29 is 9.84 Å². The number of rotatable bonds is 4. The third kappa shape index (κ3) is 1.92. The standard InChI is InChI=1S/C16H23ClN2O2/c1-21-6-5-19-15(14(17)9-18-19)16(20)8-10-7-13(16)12-4-2-3-11(10)12/h9-13,20H,2-8H2,1H3. The second-order valence-corrected chi connectivity index (χ2v) is 7.45. The Labute approximate surface area is 130 Å². The molecule has 0 spiro atoms. The number of nitrogens with zero attached hydrogens (tertiary/aromatic N) is 2. The van der Waals surface area contributed by atoms with E-state index in [-0.39, 0.29) is 0 Å². The van der Waals surface area contributed by atoms with Gasteiger partial charge in [0.25, 0.3) is 0 Å². The van der Waals surface area contributed by atoms with Crippen molar-refractivity contribution >= 4 is 11.6 Å². The summed E-state index contributed by atoms with van der Waals surface area (Å²) in [5.41, 5.74) is 0.0522. The van der Waals surface area contributed by atoms with Gasteiger partial charge in [0, 0.05) is 7.11 Å². The first kappa shape index (κ1) is 14.0. The Kier molecular flexibility index (Phi) is 3.32. The van der Waals surface area contributed by atoms with Crippen molar-refractivity contribution in [1.29, 1.82) is 0 Å². The third-order valence-electron chi connectivity index (χ3n) is 6.20. The fraction of sp³-hybridized carbons (Fsp3) is 0.812. The molecule has 0 saturated heterocycles. The fourth-order valence-corrected chi connectivity index (χ4v) is 5.83. The van der Waals surface area contributed by atoms with Crippen molar-refractivity contribution in [2.45, 2.75) is 44.2 Å². The van der Waals surface area contributed by atoms with Crippen molar-refractivity contribution in [3.8, 4) is 0 Å². The molecule has 2 bridgehead atoms. The quantitative estimate of drug-likeness (QED) is 0.930. The molecule has 0 aliphatic heterocycles. The van der Waals surface area contributed by atoms with Gasteiger partial charge in [-0.05, 0) is 49.4 Å². The maximum Gasteiger partial charge on any atom is 0.111 e. The van der Waals surface area contributed by atoms with Crippen LogP contribution in [0.5, 0.6) is 0 Å². The maximum absolute atomic E-state index is 11.5. The molecule has 5 atom stereocenters. The Hall–Kier alpha value is -0.580. The van der Waals surface area contributed by atoms with Crippen LogP contribution in [0, 0.1) is 23.7 Å². The van der Waals surface area contributed by atoms with E-state index in [1.54, 1.807) is 13.3 Å². The van der Waals surface area contributed by atoms with Crippen LogP contribution >= 0.6 is 11.6 Å². The van der Waals surface area contributed by atoms with E-state index in [2.05, 4.69) is 5.10 Å². The summed E-state index contributed by atoms with van der Waals surface area (Å²) in [7, 11) is 1.68. The second kappa shape index (κ2) is 4.97. The summed E-state index contributed by atoms with van der Waals surface area (Å²) in [6.45, 7) is 1.23. The van der Waals surface area contributed by atoms with E-state index in [0.29, 0.717) is 35.9 Å². The van der Waals surface area contributed by atoms with Gasteiger partial charge < -0.3 is 9.84 Å². The molecule has 3 aliphatic carbocycles. The predicted octanol–water partition coefficient (Wildman–Crippen LogP) is 2.83. The molecule has 1 N–H and O–H groups in total. The summed E-state index contributed by atoms with van der Waals surface area (Å²) in [5.74, 6) is 2.58. The predicted molar refractivity (Wildman–Crippen MR) is 80.1 cm³/mol. The van der Waals surface area contributed by atoms with Gasteiger partial charge in [-0.1, -0.05) is 18.0 Å². The highest BCUT2D eigenvalue weighted by molar-refractivity contribution is 6.31. The van der Waals surface area contributed by atoms with Gasteiger partial charge in [-0.15, -0.1) is 0 Å². The van der Waals surface area contributed by atoms with E-state index in [4.69, 9.17) is 16.3 Å². The number of ether oxygens (including phenoxy) is 1. The van der Waals surface area contributed by atoms with Crippen LogP contribution in [0.3, 0.4) is 0 Å².